The standard InChI is InChI=1S/C11H21N/c1-8(2)9-6-10-4-3-5-11(7-9)12-10/h8-12H,3-7H2,1-2H3/t9-,10-,11?/m0/s1. The summed E-state index contributed by atoms with van der Waals surface area (Å²) < 4.78 is 0. The van der Waals surface area contributed by atoms with E-state index in [1.807, 2.05) is 0 Å². The molecule has 3 atom stereocenters. The first-order valence-electron chi connectivity index (χ1n) is 5.51. The van der Waals surface area contributed by atoms with Crippen LogP contribution in [0.15, 0.2) is 0 Å². The summed E-state index contributed by atoms with van der Waals surface area (Å²) in [7, 11) is 0. The van der Waals surface area contributed by atoms with Crippen LogP contribution in [-0.4, -0.2) is 12.1 Å². The summed E-state index contributed by atoms with van der Waals surface area (Å²) in [5.41, 5.74) is 0. The van der Waals surface area contributed by atoms with Crippen molar-refractivity contribution in [3.05, 3.63) is 0 Å². The number of hydrogen-bond donors (Lipinski definition) is 1. The molecule has 0 spiro atoms. The topological polar surface area (TPSA) is 12.0 Å². The summed E-state index contributed by atoms with van der Waals surface area (Å²) in [6, 6.07) is 1.73. The van der Waals surface area contributed by atoms with Gasteiger partial charge in [0.15, 0.2) is 0 Å². The Kier molecular flexibility index (Phi) is 2.40. The number of rotatable bonds is 1. The lowest BCUT2D eigenvalue weighted by atomic mass is 9.76. The maximum atomic E-state index is 3.74. The summed E-state index contributed by atoms with van der Waals surface area (Å²) in [5, 5.41) is 3.74. The highest BCUT2D eigenvalue weighted by molar-refractivity contribution is 4.89. The first-order valence-corrected chi connectivity index (χ1v) is 5.51. The number of nitrogens with one attached hydrogen (secondary N) is 1. The molecule has 2 fully saturated rings. The van der Waals surface area contributed by atoms with E-state index in [2.05, 4.69) is 19.2 Å². The summed E-state index contributed by atoms with van der Waals surface area (Å²) in [6.07, 6.45) is 7.20. The SMILES string of the molecule is CC(C)[C@@H]1CC2CCC[C@@H](C1)N2. The summed E-state index contributed by atoms with van der Waals surface area (Å²) in [6.45, 7) is 4.76. The van der Waals surface area contributed by atoms with E-state index >= 15 is 0 Å². The zero-order valence-electron chi connectivity index (χ0n) is 8.34. The highest BCUT2D eigenvalue weighted by atomic mass is 15.0. The maximum absolute atomic E-state index is 3.74. The first-order chi connectivity index (χ1) is 5.75. The molecule has 1 heteroatoms. The molecule has 1 unspecified atom stereocenters. The van der Waals surface area contributed by atoms with Gasteiger partial charge in [-0.05, 0) is 37.5 Å². The minimum Gasteiger partial charge on any atom is -0.311 e. The van der Waals surface area contributed by atoms with Crippen molar-refractivity contribution in [2.24, 2.45) is 11.8 Å². The van der Waals surface area contributed by atoms with E-state index in [-0.39, 0.29) is 0 Å². The fraction of sp³-hybridized carbons (Fsp3) is 1.00. The van der Waals surface area contributed by atoms with Crippen LogP contribution >= 0.6 is 0 Å². The smallest absolute Gasteiger partial charge is 0.00724 e. The van der Waals surface area contributed by atoms with Crippen LogP contribution < -0.4 is 5.32 Å². The van der Waals surface area contributed by atoms with Crippen LogP contribution in [0.4, 0.5) is 0 Å². The molecule has 0 saturated carbocycles. The van der Waals surface area contributed by atoms with Crippen LogP contribution in [-0.2, 0) is 0 Å². The molecule has 2 bridgehead atoms. The van der Waals surface area contributed by atoms with Crippen LogP contribution in [0.3, 0.4) is 0 Å². The van der Waals surface area contributed by atoms with Crippen molar-refractivity contribution in [1.29, 1.82) is 0 Å². The van der Waals surface area contributed by atoms with E-state index < -0.39 is 0 Å². The predicted molar refractivity (Wildman–Crippen MR) is 52.1 cm³/mol. The third kappa shape index (κ3) is 1.66. The Labute approximate surface area is 75.9 Å². The van der Waals surface area contributed by atoms with Crippen LogP contribution in [0.25, 0.3) is 0 Å². The van der Waals surface area contributed by atoms with Gasteiger partial charge in [0.25, 0.3) is 0 Å². The molecule has 2 rings (SSSR count). The molecule has 0 aliphatic carbocycles. The van der Waals surface area contributed by atoms with Gasteiger partial charge in [-0.3, -0.25) is 0 Å². The molecule has 70 valence electrons. The summed E-state index contributed by atoms with van der Waals surface area (Å²) in [5.74, 6) is 1.90. The van der Waals surface area contributed by atoms with Gasteiger partial charge in [0.05, 0.1) is 0 Å². The highest BCUT2D eigenvalue weighted by Gasteiger charge is 2.31. The van der Waals surface area contributed by atoms with Crippen molar-refractivity contribution in [2.75, 3.05) is 0 Å². The van der Waals surface area contributed by atoms with E-state index in [4.69, 9.17) is 0 Å². The summed E-state index contributed by atoms with van der Waals surface area (Å²) >= 11 is 0. The molecule has 0 aromatic rings. The van der Waals surface area contributed by atoms with Crippen LogP contribution in [0.1, 0.15) is 46.0 Å². The molecule has 0 aromatic heterocycles. The Hall–Kier alpha value is -0.0400. The van der Waals surface area contributed by atoms with Crippen molar-refractivity contribution in [3.8, 4) is 0 Å². The molecule has 2 aliphatic rings. The van der Waals surface area contributed by atoms with Crippen molar-refractivity contribution in [2.45, 2.75) is 58.0 Å². The average molecular weight is 167 g/mol. The van der Waals surface area contributed by atoms with Gasteiger partial charge in [0.1, 0.15) is 0 Å². The van der Waals surface area contributed by atoms with Gasteiger partial charge in [-0.15, -0.1) is 0 Å². The van der Waals surface area contributed by atoms with Crippen molar-refractivity contribution < 1.29 is 0 Å². The quantitative estimate of drug-likeness (QED) is 0.633. The van der Waals surface area contributed by atoms with Gasteiger partial charge >= 0.3 is 0 Å². The zero-order valence-corrected chi connectivity index (χ0v) is 8.34. The predicted octanol–water partition coefficient (Wildman–Crippen LogP) is 2.56. The number of hydrogen-bond acceptors (Lipinski definition) is 1. The number of fused-ring (bicyclic) bond motifs is 2. The molecule has 1 nitrogen and oxygen atoms in total. The third-order valence-corrected chi connectivity index (χ3v) is 3.69. The van der Waals surface area contributed by atoms with Gasteiger partial charge in [-0.2, -0.15) is 0 Å². The highest BCUT2D eigenvalue weighted by Crippen LogP contribution is 2.33. The average Bonchev–Trinajstić information content (AvgIpc) is 2.03. The Morgan fingerprint density at radius 1 is 1.08 bits per heavy atom. The largest absolute Gasteiger partial charge is 0.311 e. The monoisotopic (exact) mass is 167 g/mol. The minimum atomic E-state index is 0.866. The lowest BCUT2D eigenvalue weighted by molar-refractivity contribution is 0.154. The third-order valence-electron chi connectivity index (χ3n) is 3.69. The number of piperidine rings is 2. The molecule has 2 saturated heterocycles. The molecule has 0 aromatic carbocycles. The molecular weight excluding hydrogens is 146 g/mol. The van der Waals surface area contributed by atoms with Crippen molar-refractivity contribution in [3.63, 3.8) is 0 Å². The Morgan fingerprint density at radius 2 is 1.67 bits per heavy atom. The van der Waals surface area contributed by atoms with Gasteiger partial charge in [-0.1, -0.05) is 20.3 Å². The van der Waals surface area contributed by atoms with Crippen LogP contribution in [0.2, 0.25) is 0 Å². The van der Waals surface area contributed by atoms with E-state index in [1.54, 1.807) is 0 Å². The normalized spacial score (nSPS) is 41.8. The zero-order chi connectivity index (χ0) is 8.55. The van der Waals surface area contributed by atoms with Gasteiger partial charge in [0.2, 0.25) is 0 Å². The van der Waals surface area contributed by atoms with Crippen LogP contribution in [0, 0.1) is 11.8 Å². The van der Waals surface area contributed by atoms with E-state index in [0.717, 1.165) is 23.9 Å². The lowest BCUT2D eigenvalue weighted by Gasteiger charge is -2.41. The lowest BCUT2D eigenvalue weighted by Crippen LogP contribution is -2.49. The second-order valence-electron chi connectivity index (χ2n) is 4.97. The molecule has 2 heterocycles. The Bertz CT molecular complexity index is 141. The van der Waals surface area contributed by atoms with Gasteiger partial charge in [-0.25, -0.2) is 0 Å². The minimum absolute atomic E-state index is 0.866. The van der Waals surface area contributed by atoms with Crippen molar-refractivity contribution in [1.82, 2.24) is 5.32 Å². The van der Waals surface area contributed by atoms with Gasteiger partial charge < -0.3 is 5.32 Å². The molecular formula is C11H21N. The van der Waals surface area contributed by atoms with Gasteiger partial charge in [0, 0.05) is 12.1 Å². The molecule has 2 aliphatic heterocycles. The van der Waals surface area contributed by atoms with E-state index in [9.17, 15) is 0 Å². The maximum Gasteiger partial charge on any atom is 0.00724 e. The Balaban J connectivity index is 1.96. The fourth-order valence-electron chi connectivity index (χ4n) is 2.85. The summed E-state index contributed by atoms with van der Waals surface area (Å²) in [4.78, 5) is 0. The Morgan fingerprint density at radius 3 is 2.17 bits per heavy atom. The fourth-order valence-corrected chi connectivity index (χ4v) is 2.85. The van der Waals surface area contributed by atoms with Crippen LogP contribution in [0.5, 0.6) is 0 Å². The van der Waals surface area contributed by atoms with E-state index in [0.29, 0.717) is 0 Å². The molecule has 12 heavy (non-hydrogen) atoms. The molecule has 0 radical (unpaired) electrons. The first kappa shape index (κ1) is 8.55. The molecule has 0 amide bonds. The molecule has 1 N–H and O–H groups in total. The second kappa shape index (κ2) is 3.37. The van der Waals surface area contributed by atoms with Crippen molar-refractivity contribution >= 4 is 0 Å². The second-order valence-corrected chi connectivity index (χ2v) is 4.97. The van der Waals surface area contributed by atoms with E-state index in [1.165, 1.54) is 32.1 Å².